The molecule has 7 heteroatoms. The number of pyridine rings is 1. The van der Waals surface area contributed by atoms with Gasteiger partial charge in [0.05, 0.1) is 12.2 Å². The molecule has 3 heterocycles. The third kappa shape index (κ3) is 3.48. The van der Waals surface area contributed by atoms with Crippen molar-refractivity contribution in [2.45, 2.75) is 51.3 Å². The maximum Gasteiger partial charge on any atom is 0.214 e. The van der Waals surface area contributed by atoms with Crippen molar-refractivity contribution in [2.24, 2.45) is 5.92 Å². The monoisotopic (exact) mass is 423 g/mol. The number of benzene rings is 1. The Balaban J connectivity index is 1.67. The van der Waals surface area contributed by atoms with Gasteiger partial charge in [0.25, 0.3) is 0 Å². The molecule has 0 radical (unpaired) electrons. The largest absolute Gasteiger partial charge is 0.463 e. The van der Waals surface area contributed by atoms with Crippen molar-refractivity contribution in [3.63, 3.8) is 0 Å². The van der Waals surface area contributed by atoms with Crippen LogP contribution in [0.25, 0.3) is 5.69 Å². The Morgan fingerprint density at radius 1 is 1.10 bits per heavy atom. The lowest BCUT2D eigenvalue weighted by Gasteiger charge is -2.38. The predicted octanol–water partition coefficient (Wildman–Crippen LogP) is 4.75. The van der Waals surface area contributed by atoms with Crippen LogP contribution in [-0.2, 0) is 18.7 Å². The third-order valence-electron chi connectivity index (χ3n) is 6.29. The van der Waals surface area contributed by atoms with Crippen molar-refractivity contribution in [2.75, 3.05) is 7.05 Å². The summed E-state index contributed by atoms with van der Waals surface area (Å²) in [5, 5.41) is 10.1. The van der Waals surface area contributed by atoms with Crippen molar-refractivity contribution in [3.05, 3.63) is 64.8 Å². The molecular weight excluding hydrogens is 398 g/mol. The molecule has 0 atom stereocenters. The fourth-order valence-electron chi connectivity index (χ4n) is 4.66. The summed E-state index contributed by atoms with van der Waals surface area (Å²) in [6.07, 6.45) is 5.72. The van der Waals surface area contributed by atoms with E-state index in [1.165, 1.54) is 5.56 Å². The Hall–Kier alpha value is -2.44. The predicted molar refractivity (Wildman–Crippen MR) is 116 cm³/mol. The van der Waals surface area contributed by atoms with Crippen LogP contribution in [0.3, 0.4) is 0 Å². The van der Waals surface area contributed by atoms with Crippen LogP contribution < -0.4 is 4.74 Å². The summed E-state index contributed by atoms with van der Waals surface area (Å²) in [5.74, 6) is 3.10. The van der Waals surface area contributed by atoms with Crippen molar-refractivity contribution in [1.29, 1.82) is 0 Å². The second-order valence-electron chi connectivity index (χ2n) is 8.67. The van der Waals surface area contributed by atoms with Crippen molar-refractivity contribution in [1.82, 2.24) is 24.6 Å². The molecule has 1 aliphatic carbocycles. The molecule has 0 bridgehead atoms. The molecule has 3 aromatic rings. The number of aromatic nitrogens is 4. The van der Waals surface area contributed by atoms with Crippen LogP contribution in [0.2, 0.25) is 5.02 Å². The van der Waals surface area contributed by atoms with Gasteiger partial charge in [-0.05, 0) is 68.5 Å². The zero-order valence-corrected chi connectivity index (χ0v) is 18.1. The van der Waals surface area contributed by atoms with Crippen LogP contribution in [-0.4, -0.2) is 31.7 Å². The molecule has 2 aliphatic rings. The first-order valence-corrected chi connectivity index (χ1v) is 10.9. The van der Waals surface area contributed by atoms with Gasteiger partial charge in [-0.15, -0.1) is 10.2 Å². The molecule has 0 spiro atoms. The fraction of sp³-hybridized carbons (Fsp3) is 0.435. The smallest absolute Gasteiger partial charge is 0.214 e. The third-order valence-corrected chi connectivity index (χ3v) is 6.53. The van der Waals surface area contributed by atoms with E-state index in [1.807, 2.05) is 30.3 Å². The summed E-state index contributed by atoms with van der Waals surface area (Å²) >= 11 is 6.33. The van der Waals surface area contributed by atoms with E-state index >= 15 is 0 Å². The van der Waals surface area contributed by atoms with E-state index < -0.39 is 5.60 Å². The lowest BCUT2D eigenvalue weighted by atomic mass is 9.78. The van der Waals surface area contributed by atoms with Gasteiger partial charge in [0.1, 0.15) is 0 Å². The first-order valence-electron chi connectivity index (χ1n) is 10.6. The molecule has 156 valence electrons. The number of halogens is 1. The molecule has 0 unspecified atom stereocenters. The van der Waals surface area contributed by atoms with E-state index in [0.29, 0.717) is 11.8 Å². The van der Waals surface area contributed by atoms with Gasteiger partial charge in [0, 0.05) is 23.8 Å². The lowest BCUT2D eigenvalue weighted by molar-refractivity contribution is 0.000160. The highest BCUT2D eigenvalue weighted by Gasteiger charge is 2.44. The maximum absolute atomic E-state index is 6.63. The molecule has 0 saturated heterocycles. The van der Waals surface area contributed by atoms with E-state index in [2.05, 4.69) is 39.6 Å². The average molecular weight is 424 g/mol. The van der Waals surface area contributed by atoms with Crippen molar-refractivity contribution in [3.8, 4) is 11.6 Å². The minimum Gasteiger partial charge on any atom is -0.463 e. The minimum atomic E-state index is -0.550. The Kier molecular flexibility index (Phi) is 4.99. The maximum atomic E-state index is 6.63. The number of rotatable bonds is 3. The van der Waals surface area contributed by atoms with Gasteiger partial charge in [-0.3, -0.25) is 9.47 Å². The van der Waals surface area contributed by atoms with E-state index in [-0.39, 0.29) is 0 Å². The zero-order chi connectivity index (χ0) is 20.7. The molecule has 6 nitrogen and oxygen atoms in total. The summed E-state index contributed by atoms with van der Waals surface area (Å²) in [6.45, 7) is 3.83. The highest BCUT2D eigenvalue weighted by atomic mass is 35.5. The number of fused-ring (bicyclic) bond motifs is 3. The molecule has 0 amide bonds. The number of ether oxygens (including phenoxy) is 1. The zero-order valence-electron chi connectivity index (χ0n) is 17.4. The molecule has 5 rings (SSSR count). The molecule has 0 N–H and O–H groups in total. The van der Waals surface area contributed by atoms with Crippen LogP contribution in [0.15, 0.2) is 42.6 Å². The Morgan fingerprint density at radius 3 is 2.70 bits per heavy atom. The Labute approximate surface area is 181 Å². The van der Waals surface area contributed by atoms with E-state index in [4.69, 9.17) is 21.4 Å². The minimum absolute atomic E-state index is 0.550. The number of hydrogen-bond acceptors (Lipinski definition) is 5. The standard InChI is InChI=1S/C23H26ClN5O/c1-16-8-10-23(11-9-16,30-21-5-3-4-12-25-21)22-27-26-20-15-28(2)14-17-13-18(24)6-7-19(17)29(20)22/h3-7,12-13,16H,8-11,14-15H2,1-2H3. The van der Waals surface area contributed by atoms with Gasteiger partial charge in [-0.2, -0.15) is 0 Å². The van der Waals surface area contributed by atoms with Crippen LogP contribution in [0.1, 0.15) is 49.8 Å². The second kappa shape index (κ2) is 7.67. The Bertz CT molecular complexity index is 1040. The van der Waals surface area contributed by atoms with E-state index in [9.17, 15) is 0 Å². The van der Waals surface area contributed by atoms with Gasteiger partial charge in [-0.25, -0.2) is 4.98 Å². The molecular formula is C23H26ClN5O. The van der Waals surface area contributed by atoms with Crippen LogP contribution in [0, 0.1) is 5.92 Å². The van der Waals surface area contributed by atoms with Gasteiger partial charge < -0.3 is 4.74 Å². The quantitative estimate of drug-likeness (QED) is 0.608. The number of hydrogen-bond donors (Lipinski definition) is 0. The lowest BCUT2D eigenvalue weighted by Crippen LogP contribution is -2.40. The normalized spacial score (nSPS) is 24.0. The molecule has 1 saturated carbocycles. The van der Waals surface area contributed by atoms with E-state index in [1.54, 1.807) is 6.20 Å². The summed E-state index contributed by atoms with van der Waals surface area (Å²) < 4.78 is 8.84. The second-order valence-corrected chi connectivity index (χ2v) is 9.10. The van der Waals surface area contributed by atoms with Crippen LogP contribution in [0.5, 0.6) is 5.88 Å². The first kappa shape index (κ1) is 19.5. The topological polar surface area (TPSA) is 56.1 Å². The van der Waals surface area contributed by atoms with Crippen molar-refractivity contribution < 1.29 is 4.74 Å². The van der Waals surface area contributed by atoms with Gasteiger partial charge in [-0.1, -0.05) is 24.6 Å². The van der Waals surface area contributed by atoms with Crippen molar-refractivity contribution >= 4 is 11.6 Å². The van der Waals surface area contributed by atoms with Gasteiger partial charge in [0.15, 0.2) is 17.2 Å². The van der Waals surface area contributed by atoms with Gasteiger partial charge in [0.2, 0.25) is 5.88 Å². The average Bonchev–Trinajstić information content (AvgIpc) is 3.09. The summed E-state index contributed by atoms with van der Waals surface area (Å²) in [4.78, 5) is 6.68. The molecule has 1 fully saturated rings. The SMILES string of the molecule is CC1CCC(Oc2ccccn2)(c2nnc3n2-c2ccc(Cl)cc2CN(C)C3)CC1. The summed E-state index contributed by atoms with van der Waals surface area (Å²) in [6, 6.07) is 11.8. The highest BCUT2D eigenvalue weighted by Crippen LogP contribution is 2.43. The van der Waals surface area contributed by atoms with Crippen LogP contribution in [0.4, 0.5) is 0 Å². The summed E-state index contributed by atoms with van der Waals surface area (Å²) in [7, 11) is 2.09. The molecule has 30 heavy (non-hydrogen) atoms. The Morgan fingerprint density at radius 2 is 1.93 bits per heavy atom. The summed E-state index contributed by atoms with van der Waals surface area (Å²) in [5.41, 5.74) is 1.70. The molecule has 1 aliphatic heterocycles. The van der Waals surface area contributed by atoms with Gasteiger partial charge >= 0.3 is 0 Å². The molecule has 1 aromatic carbocycles. The first-order chi connectivity index (χ1) is 14.5. The van der Waals surface area contributed by atoms with E-state index in [0.717, 1.165) is 61.1 Å². The molecule has 2 aromatic heterocycles. The fourth-order valence-corrected chi connectivity index (χ4v) is 4.86. The number of nitrogens with zero attached hydrogens (tertiary/aromatic N) is 5. The highest BCUT2D eigenvalue weighted by molar-refractivity contribution is 6.30. The van der Waals surface area contributed by atoms with Crippen LogP contribution >= 0.6 is 11.6 Å².